The second-order valence-electron chi connectivity index (χ2n) is 6.70. The summed E-state index contributed by atoms with van der Waals surface area (Å²) in [4.78, 5) is 4.26. The molecule has 0 saturated carbocycles. The van der Waals surface area contributed by atoms with Gasteiger partial charge in [0.2, 0.25) is 0 Å². The number of para-hydroxylation sites is 1. The predicted octanol–water partition coefficient (Wildman–Crippen LogP) is 2.95. The first-order valence-electron chi connectivity index (χ1n) is 9.27. The Kier molecular flexibility index (Phi) is 6.47. The zero-order valence-electron chi connectivity index (χ0n) is 15.3. The Hall–Kier alpha value is -2.11. The van der Waals surface area contributed by atoms with Gasteiger partial charge in [0.1, 0.15) is 24.3 Å². The number of nitrogens with zero attached hydrogens (tertiary/aromatic N) is 2. The van der Waals surface area contributed by atoms with Crippen LogP contribution in [-0.4, -0.2) is 55.4 Å². The maximum atomic E-state index is 13.9. The summed E-state index contributed by atoms with van der Waals surface area (Å²) in [5.41, 5.74) is 1.88. The number of β-amino-alcohol motifs (C(OH)–C–C–N with tert-alkyl or cyclic N) is 1. The summed E-state index contributed by atoms with van der Waals surface area (Å²) < 4.78 is 19.6. The monoisotopic (exact) mass is 358 g/mol. The smallest absolute Gasteiger partial charge is 0.146 e. The third-order valence-corrected chi connectivity index (χ3v) is 4.78. The van der Waals surface area contributed by atoms with E-state index in [2.05, 4.69) is 22.8 Å². The number of piperazine rings is 1. The van der Waals surface area contributed by atoms with E-state index in [0.717, 1.165) is 38.3 Å². The largest absolute Gasteiger partial charge is 0.491 e. The first-order valence-corrected chi connectivity index (χ1v) is 9.27. The summed E-state index contributed by atoms with van der Waals surface area (Å²) >= 11 is 0. The van der Waals surface area contributed by atoms with Crippen molar-refractivity contribution >= 4 is 5.69 Å². The quantitative estimate of drug-likeness (QED) is 0.826. The molecule has 0 bridgehead atoms. The molecule has 1 N–H and O–H groups in total. The van der Waals surface area contributed by atoms with Gasteiger partial charge in [0, 0.05) is 32.7 Å². The van der Waals surface area contributed by atoms with Gasteiger partial charge in [0.15, 0.2) is 0 Å². The second kappa shape index (κ2) is 9.01. The Morgan fingerprint density at radius 3 is 2.58 bits per heavy atom. The molecule has 26 heavy (non-hydrogen) atoms. The lowest BCUT2D eigenvalue weighted by Gasteiger charge is -2.36. The molecule has 4 nitrogen and oxygen atoms in total. The van der Waals surface area contributed by atoms with Crippen LogP contribution in [0.3, 0.4) is 0 Å². The van der Waals surface area contributed by atoms with Crippen LogP contribution in [0.4, 0.5) is 10.1 Å². The molecule has 5 heteroatoms. The molecular weight excluding hydrogens is 331 g/mol. The van der Waals surface area contributed by atoms with Gasteiger partial charge in [-0.15, -0.1) is 0 Å². The molecule has 3 rings (SSSR count). The molecule has 1 atom stereocenters. The fourth-order valence-corrected chi connectivity index (χ4v) is 3.28. The van der Waals surface area contributed by atoms with Gasteiger partial charge in [-0.2, -0.15) is 0 Å². The molecule has 2 aromatic carbocycles. The van der Waals surface area contributed by atoms with E-state index in [1.807, 2.05) is 30.3 Å². The van der Waals surface area contributed by atoms with E-state index in [4.69, 9.17) is 4.74 Å². The zero-order valence-corrected chi connectivity index (χ0v) is 15.3. The van der Waals surface area contributed by atoms with Crippen LogP contribution in [0.1, 0.15) is 12.5 Å². The molecule has 0 radical (unpaired) electrons. The fourth-order valence-electron chi connectivity index (χ4n) is 3.28. The molecule has 1 fully saturated rings. The molecule has 1 heterocycles. The number of aliphatic hydroxyl groups is 1. The van der Waals surface area contributed by atoms with E-state index < -0.39 is 6.10 Å². The molecule has 0 spiro atoms. The van der Waals surface area contributed by atoms with Crippen LogP contribution in [0.15, 0.2) is 48.5 Å². The average Bonchev–Trinajstić information content (AvgIpc) is 2.68. The molecule has 1 saturated heterocycles. The fraction of sp³-hybridized carbons (Fsp3) is 0.429. The lowest BCUT2D eigenvalue weighted by molar-refractivity contribution is 0.0662. The molecular formula is C21H27FN2O2. The lowest BCUT2D eigenvalue weighted by atomic mass is 10.2. The maximum absolute atomic E-state index is 13.9. The van der Waals surface area contributed by atoms with Gasteiger partial charge in [-0.1, -0.05) is 31.2 Å². The highest BCUT2D eigenvalue weighted by Crippen LogP contribution is 2.20. The number of aryl methyl sites for hydroxylation is 1. The van der Waals surface area contributed by atoms with Crippen molar-refractivity contribution in [1.82, 2.24) is 4.90 Å². The van der Waals surface area contributed by atoms with Crippen molar-refractivity contribution in [2.24, 2.45) is 0 Å². The van der Waals surface area contributed by atoms with E-state index in [1.54, 1.807) is 6.07 Å². The maximum Gasteiger partial charge on any atom is 0.146 e. The van der Waals surface area contributed by atoms with Crippen LogP contribution < -0.4 is 9.64 Å². The summed E-state index contributed by atoms with van der Waals surface area (Å²) in [6.07, 6.45) is 0.423. The van der Waals surface area contributed by atoms with Gasteiger partial charge >= 0.3 is 0 Å². The number of halogens is 1. The number of ether oxygens (including phenoxy) is 1. The van der Waals surface area contributed by atoms with E-state index >= 15 is 0 Å². The third kappa shape index (κ3) is 4.96. The van der Waals surface area contributed by atoms with Crippen LogP contribution >= 0.6 is 0 Å². The Morgan fingerprint density at radius 2 is 1.85 bits per heavy atom. The van der Waals surface area contributed by atoms with Crippen LogP contribution in [0.2, 0.25) is 0 Å². The molecule has 0 amide bonds. The highest BCUT2D eigenvalue weighted by atomic mass is 19.1. The first kappa shape index (κ1) is 18.7. The minimum atomic E-state index is -0.541. The van der Waals surface area contributed by atoms with Gasteiger partial charge in [-0.25, -0.2) is 4.39 Å². The molecule has 2 aromatic rings. The highest BCUT2D eigenvalue weighted by molar-refractivity contribution is 5.48. The van der Waals surface area contributed by atoms with Gasteiger partial charge in [0.05, 0.1) is 5.69 Å². The van der Waals surface area contributed by atoms with Crippen molar-refractivity contribution in [2.75, 3.05) is 44.2 Å². The van der Waals surface area contributed by atoms with E-state index in [-0.39, 0.29) is 12.4 Å². The zero-order chi connectivity index (χ0) is 18.4. The summed E-state index contributed by atoms with van der Waals surface area (Å²) in [5.74, 6) is 0.622. The average molecular weight is 358 g/mol. The van der Waals surface area contributed by atoms with E-state index in [1.165, 1.54) is 11.6 Å². The molecule has 1 aliphatic heterocycles. The third-order valence-electron chi connectivity index (χ3n) is 4.78. The van der Waals surface area contributed by atoms with E-state index in [0.29, 0.717) is 12.2 Å². The number of aliphatic hydroxyl groups excluding tert-OH is 1. The second-order valence-corrected chi connectivity index (χ2v) is 6.70. The predicted molar refractivity (Wildman–Crippen MR) is 102 cm³/mol. The number of rotatable bonds is 7. The van der Waals surface area contributed by atoms with E-state index in [9.17, 15) is 9.50 Å². The Labute approximate surface area is 154 Å². The van der Waals surface area contributed by atoms with Crippen molar-refractivity contribution in [3.8, 4) is 5.75 Å². The Morgan fingerprint density at radius 1 is 1.08 bits per heavy atom. The Bertz CT molecular complexity index is 702. The molecule has 0 aliphatic carbocycles. The summed E-state index contributed by atoms with van der Waals surface area (Å²) in [5, 5.41) is 10.3. The van der Waals surface area contributed by atoms with Crippen LogP contribution in [0.25, 0.3) is 0 Å². The van der Waals surface area contributed by atoms with Gasteiger partial charge in [-0.3, -0.25) is 4.90 Å². The molecule has 0 aromatic heterocycles. The molecule has 1 unspecified atom stereocenters. The highest BCUT2D eigenvalue weighted by Gasteiger charge is 2.21. The molecule has 1 aliphatic rings. The standard InChI is InChI=1S/C21H27FN2O2/c1-2-17-6-5-7-19(14-17)26-16-18(25)15-23-10-12-24(13-11-23)21-9-4-3-8-20(21)22/h3-9,14,18,25H,2,10-13,15-16H2,1H3. The normalized spacial score (nSPS) is 16.5. The minimum absolute atomic E-state index is 0.177. The topological polar surface area (TPSA) is 35.9 Å². The minimum Gasteiger partial charge on any atom is -0.491 e. The summed E-state index contributed by atoms with van der Waals surface area (Å²) in [6, 6.07) is 14.9. The number of benzene rings is 2. The van der Waals surface area contributed by atoms with Gasteiger partial charge in [0.25, 0.3) is 0 Å². The summed E-state index contributed by atoms with van der Waals surface area (Å²) in [6.45, 7) is 6.07. The SMILES string of the molecule is CCc1cccc(OCC(O)CN2CCN(c3ccccc3F)CC2)c1. The van der Waals surface area contributed by atoms with Gasteiger partial charge in [-0.05, 0) is 36.2 Å². The van der Waals surface area contributed by atoms with Crippen molar-refractivity contribution in [3.63, 3.8) is 0 Å². The number of anilines is 1. The van der Waals surface area contributed by atoms with Crippen molar-refractivity contribution in [2.45, 2.75) is 19.4 Å². The summed E-state index contributed by atoms with van der Waals surface area (Å²) in [7, 11) is 0. The van der Waals surface area contributed by atoms with Crippen molar-refractivity contribution < 1.29 is 14.2 Å². The number of hydrogen-bond donors (Lipinski definition) is 1. The Balaban J connectivity index is 1.43. The first-order chi connectivity index (χ1) is 12.7. The van der Waals surface area contributed by atoms with Gasteiger partial charge < -0.3 is 14.7 Å². The molecule has 140 valence electrons. The van der Waals surface area contributed by atoms with Crippen molar-refractivity contribution in [3.05, 3.63) is 59.9 Å². The van der Waals surface area contributed by atoms with Crippen molar-refractivity contribution in [1.29, 1.82) is 0 Å². The van der Waals surface area contributed by atoms with Crippen LogP contribution in [0, 0.1) is 5.82 Å². The van der Waals surface area contributed by atoms with Crippen LogP contribution in [0.5, 0.6) is 5.75 Å². The number of hydrogen-bond acceptors (Lipinski definition) is 4. The lowest BCUT2D eigenvalue weighted by Crippen LogP contribution is -2.49. The van der Waals surface area contributed by atoms with Crippen LogP contribution in [-0.2, 0) is 6.42 Å².